The van der Waals surface area contributed by atoms with Gasteiger partial charge in [-0.25, -0.2) is 0 Å². The van der Waals surface area contributed by atoms with Crippen molar-refractivity contribution >= 4 is 17.9 Å². The van der Waals surface area contributed by atoms with Gasteiger partial charge in [-0.2, -0.15) is 0 Å². The SMILES string of the molecule is CCCCCCCCCCCCCCCC[PH](CCCCCCCCCCCCCCCC)(c1ccccc1)c1ccccc1. The Kier molecular flexibility index (Phi) is 25.8. The molecule has 0 aromatic heterocycles. The molecule has 0 saturated heterocycles. The molecule has 0 heterocycles. The fourth-order valence-electron chi connectivity index (χ4n) is 7.63. The van der Waals surface area contributed by atoms with Crippen molar-refractivity contribution in [2.75, 3.05) is 12.3 Å². The van der Waals surface area contributed by atoms with Crippen molar-refractivity contribution in [2.45, 2.75) is 194 Å². The van der Waals surface area contributed by atoms with Gasteiger partial charge < -0.3 is 0 Å². The molecule has 0 radical (unpaired) electrons. The van der Waals surface area contributed by atoms with Crippen LogP contribution in [0.15, 0.2) is 60.7 Å². The van der Waals surface area contributed by atoms with Crippen LogP contribution in [0, 0.1) is 0 Å². The van der Waals surface area contributed by atoms with Crippen molar-refractivity contribution in [1.29, 1.82) is 0 Å². The molecule has 0 aliphatic carbocycles. The molecule has 2 rings (SSSR count). The first kappa shape index (κ1) is 40.0. The van der Waals surface area contributed by atoms with E-state index in [1.54, 1.807) is 10.6 Å². The molecule has 258 valence electrons. The summed E-state index contributed by atoms with van der Waals surface area (Å²) < 4.78 is 0. The van der Waals surface area contributed by atoms with Gasteiger partial charge in [-0.1, -0.05) is 52.4 Å². The van der Waals surface area contributed by atoms with Crippen LogP contribution in [-0.4, -0.2) is 12.3 Å². The molecule has 0 nitrogen and oxygen atoms in total. The van der Waals surface area contributed by atoms with Crippen molar-refractivity contribution in [3.05, 3.63) is 60.7 Å². The Bertz CT molecular complexity index is 786. The van der Waals surface area contributed by atoms with Gasteiger partial charge in [0.1, 0.15) is 0 Å². The molecule has 0 spiro atoms. The van der Waals surface area contributed by atoms with Gasteiger partial charge in [0.05, 0.1) is 0 Å². The average molecular weight is 637 g/mol. The van der Waals surface area contributed by atoms with Gasteiger partial charge >= 0.3 is 232 Å². The normalized spacial score (nSPS) is 12.1. The summed E-state index contributed by atoms with van der Waals surface area (Å²) in [5.41, 5.74) is 0. The van der Waals surface area contributed by atoms with Crippen molar-refractivity contribution < 1.29 is 0 Å². The molecule has 0 saturated carbocycles. The zero-order chi connectivity index (χ0) is 31.9. The summed E-state index contributed by atoms with van der Waals surface area (Å²) in [6.07, 6.45) is 43.2. The van der Waals surface area contributed by atoms with Crippen LogP contribution < -0.4 is 10.6 Å². The van der Waals surface area contributed by atoms with Gasteiger partial charge in [-0.3, -0.25) is 0 Å². The zero-order valence-corrected chi connectivity index (χ0v) is 31.5. The quantitative estimate of drug-likeness (QED) is 0.0554. The fourth-order valence-corrected chi connectivity index (χ4v) is 12.7. The van der Waals surface area contributed by atoms with E-state index in [-0.39, 0.29) is 0 Å². The molecule has 0 aliphatic heterocycles. The van der Waals surface area contributed by atoms with Crippen LogP contribution >= 0.6 is 7.26 Å². The number of rotatable bonds is 32. The molecule has 2 aromatic rings. The summed E-state index contributed by atoms with van der Waals surface area (Å²) >= 11 is 0. The van der Waals surface area contributed by atoms with Crippen LogP contribution in [0.1, 0.15) is 194 Å². The van der Waals surface area contributed by atoms with Crippen LogP contribution in [0.4, 0.5) is 0 Å². The number of benzene rings is 2. The summed E-state index contributed by atoms with van der Waals surface area (Å²) in [6, 6.07) is 23.6. The third-order valence-corrected chi connectivity index (χ3v) is 15.9. The third-order valence-electron chi connectivity index (χ3n) is 10.6. The van der Waals surface area contributed by atoms with Crippen molar-refractivity contribution in [3.8, 4) is 0 Å². The van der Waals surface area contributed by atoms with Crippen molar-refractivity contribution in [2.24, 2.45) is 0 Å². The minimum atomic E-state index is -1.75. The first-order valence-electron chi connectivity index (χ1n) is 20.4. The van der Waals surface area contributed by atoms with E-state index >= 15 is 0 Å². The second kappa shape index (κ2) is 29.0. The summed E-state index contributed by atoms with van der Waals surface area (Å²) in [4.78, 5) is 0. The molecule has 0 N–H and O–H groups in total. The maximum atomic E-state index is 2.48. The first-order valence-corrected chi connectivity index (χ1v) is 22.9. The Hall–Kier alpha value is -1.13. The van der Waals surface area contributed by atoms with E-state index in [0.717, 1.165) is 0 Å². The molecule has 0 bridgehead atoms. The van der Waals surface area contributed by atoms with Crippen LogP contribution in [-0.2, 0) is 0 Å². The Morgan fingerprint density at radius 2 is 0.511 bits per heavy atom. The molecular weight excluding hydrogens is 559 g/mol. The van der Waals surface area contributed by atoms with Crippen LogP contribution in [0.25, 0.3) is 0 Å². The zero-order valence-electron chi connectivity index (χ0n) is 30.5. The van der Waals surface area contributed by atoms with Gasteiger partial charge in [-0.05, 0) is 0 Å². The topological polar surface area (TPSA) is 0 Å². The summed E-state index contributed by atoms with van der Waals surface area (Å²) in [7, 11) is -1.75. The monoisotopic (exact) mass is 637 g/mol. The van der Waals surface area contributed by atoms with Crippen molar-refractivity contribution in [3.63, 3.8) is 0 Å². The second-order valence-corrected chi connectivity index (χ2v) is 18.8. The van der Waals surface area contributed by atoms with E-state index in [0.29, 0.717) is 0 Å². The molecule has 0 aliphatic rings. The summed E-state index contributed by atoms with van der Waals surface area (Å²) in [6.45, 7) is 4.62. The Labute approximate surface area is 283 Å². The summed E-state index contributed by atoms with van der Waals surface area (Å²) in [5, 5.41) is 3.36. The molecule has 1 heteroatoms. The number of hydrogen-bond acceptors (Lipinski definition) is 0. The van der Waals surface area contributed by atoms with E-state index in [4.69, 9.17) is 0 Å². The van der Waals surface area contributed by atoms with Gasteiger partial charge in [0.25, 0.3) is 0 Å². The molecule has 0 fully saturated rings. The molecule has 0 amide bonds. The average Bonchev–Trinajstić information content (AvgIpc) is 3.08. The van der Waals surface area contributed by atoms with Crippen molar-refractivity contribution in [1.82, 2.24) is 0 Å². The standard InChI is InChI=1S/C44H77P/c1-3-5-7-9-11-13-15-17-19-21-23-25-27-35-41-45(43-37-31-29-32-38-43,44-39-33-30-34-40-44)42-36-28-26-24-22-20-18-16-14-12-10-8-6-4-2/h29-34,37-40,45H,3-28,35-36,41-42H2,1-2H3. The first-order chi connectivity index (χ1) is 22.3. The molecule has 0 atom stereocenters. The number of hydrogen-bond donors (Lipinski definition) is 0. The van der Waals surface area contributed by atoms with E-state index in [1.807, 2.05) is 0 Å². The Balaban J connectivity index is 1.71. The van der Waals surface area contributed by atoms with E-state index in [9.17, 15) is 0 Å². The molecule has 45 heavy (non-hydrogen) atoms. The van der Waals surface area contributed by atoms with E-state index in [2.05, 4.69) is 74.5 Å². The van der Waals surface area contributed by atoms with Gasteiger partial charge in [-0.15, -0.1) is 0 Å². The van der Waals surface area contributed by atoms with Gasteiger partial charge in [0, 0.05) is 0 Å². The second-order valence-electron chi connectivity index (χ2n) is 14.5. The van der Waals surface area contributed by atoms with Gasteiger partial charge in [0.2, 0.25) is 0 Å². The number of unbranched alkanes of at least 4 members (excludes halogenated alkanes) is 26. The predicted octanol–water partition coefficient (Wildman–Crippen LogP) is 14.3. The maximum absolute atomic E-state index is 2.48. The van der Waals surface area contributed by atoms with Crippen LogP contribution in [0.2, 0.25) is 0 Å². The third kappa shape index (κ3) is 19.3. The Morgan fingerprint density at radius 1 is 0.289 bits per heavy atom. The predicted molar refractivity (Wildman–Crippen MR) is 211 cm³/mol. The Morgan fingerprint density at radius 3 is 0.756 bits per heavy atom. The van der Waals surface area contributed by atoms with Gasteiger partial charge in [0.15, 0.2) is 0 Å². The fraction of sp³-hybridized carbons (Fsp3) is 0.727. The molecule has 2 aromatic carbocycles. The van der Waals surface area contributed by atoms with Crippen LogP contribution in [0.3, 0.4) is 0 Å². The summed E-state index contributed by atoms with van der Waals surface area (Å²) in [5.74, 6) is 0. The minimum absolute atomic E-state index is 1.36. The van der Waals surface area contributed by atoms with E-state index < -0.39 is 7.26 Å². The van der Waals surface area contributed by atoms with Crippen LogP contribution in [0.5, 0.6) is 0 Å². The molecular formula is C44H77P. The van der Waals surface area contributed by atoms with E-state index in [1.165, 1.54) is 192 Å². The molecule has 0 unspecified atom stereocenters.